The van der Waals surface area contributed by atoms with Crippen LogP contribution >= 0.6 is 0 Å². The molecule has 0 radical (unpaired) electrons. The van der Waals surface area contributed by atoms with Crippen LogP contribution in [-0.2, 0) is 17.8 Å². The molecular weight excluding hydrogens is 346 g/mol. The molecule has 2 rings (SSSR count). The number of imidazole rings is 1. The first-order valence-electron chi connectivity index (χ1n) is 11.4. The van der Waals surface area contributed by atoms with Crippen LogP contribution in [0.3, 0.4) is 0 Å². The number of rotatable bonds is 15. The number of aromatic nitrogens is 2. The van der Waals surface area contributed by atoms with E-state index in [4.69, 9.17) is 4.98 Å². The van der Waals surface area contributed by atoms with Gasteiger partial charge in [0.25, 0.3) is 0 Å². The lowest BCUT2D eigenvalue weighted by atomic mass is 10.1. The summed E-state index contributed by atoms with van der Waals surface area (Å²) in [6, 6.07) is 8.52. The number of nitrogens with zero attached hydrogens (tertiary/aromatic N) is 2. The number of nitrogens with one attached hydrogen (secondary N) is 1. The third-order valence-electron chi connectivity index (χ3n) is 5.42. The monoisotopic (exact) mass is 385 g/mol. The van der Waals surface area contributed by atoms with E-state index in [1.807, 2.05) is 0 Å². The quantitative estimate of drug-likeness (QED) is 0.381. The van der Waals surface area contributed by atoms with Gasteiger partial charge < -0.3 is 9.88 Å². The van der Waals surface area contributed by atoms with Crippen LogP contribution in [0.5, 0.6) is 0 Å². The fourth-order valence-corrected chi connectivity index (χ4v) is 3.82. The lowest BCUT2D eigenvalue weighted by Gasteiger charge is -2.10. The Balaban J connectivity index is 1.78. The maximum absolute atomic E-state index is 10.9. The molecule has 4 nitrogen and oxygen atoms in total. The maximum Gasteiger partial charge on any atom is 0.216 e. The molecule has 0 bridgehead atoms. The molecule has 2 aromatic rings. The normalized spacial score (nSPS) is 11.2. The van der Waals surface area contributed by atoms with Gasteiger partial charge in [-0.15, -0.1) is 0 Å². The summed E-state index contributed by atoms with van der Waals surface area (Å²) < 4.78 is 2.44. The third kappa shape index (κ3) is 8.04. The van der Waals surface area contributed by atoms with Gasteiger partial charge in [-0.05, 0) is 31.4 Å². The zero-order chi connectivity index (χ0) is 20.0. The van der Waals surface area contributed by atoms with E-state index in [0.29, 0.717) is 0 Å². The highest BCUT2D eigenvalue weighted by molar-refractivity contribution is 5.75. The van der Waals surface area contributed by atoms with Crippen molar-refractivity contribution in [1.29, 1.82) is 0 Å². The highest BCUT2D eigenvalue weighted by Gasteiger charge is 2.10. The molecule has 1 heterocycles. The van der Waals surface area contributed by atoms with Crippen molar-refractivity contribution in [2.75, 3.05) is 6.54 Å². The van der Waals surface area contributed by atoms with E-state index in [1.54, 1.807) is 6.92 Å². The predicted octanol–water partition coefficient (Wildman–Crippen LogP) is 6.03. The summed E-state index contributed by atoms with van der Waals surface area (Å²) in [5, 5.41) is 2.87. The van der Waals surface area contributed by atoms with E-state index in [9.17, 15) is 4.79 Å². The molecule has 1 aromatic heterocycles. The highest BCUT2D eigenvalue weighted by Crippen LogP contribution is 2.19. The molecule has 0 atom stereocenters. The first-order valence-corrected chi connectivity index (χ1v) is 11.4. The van der Waals surface area contributed by atoms with Crippen molar-refractivity contribution in [3.8, 4) is 0 Å². The van der Waals surface area contributed by atoms with Gasteiger partial charge in [0, 0.05) is 26.4 Å². The summed E-state index contributed by atoms with van der Waals surface area (Å²) in [5.41, 5.74) is 2.40. The number of para-hydroxylation sites is 2. The minimum absolute atomic E-state index is 0.0622. The smallest absolute Gasteiger partial charge is 0.216 e. The number of amides is 1. The molecule has 0 unspecified atom stereocenters. The average Bonchev–Trinajstić information content (AvgIpc) is 3.04. The average molecular weight is 386 g/mol. The Bertz CT molecular complexity index is 692. The highest BCUT2D eigenvalue weighted by atomic mass is 16.1. The van der Waals surface area contributed by atoms with E-state index in [0.717, 1.165) is 44.3 Å². The van der Waals surface area contributed by atoms with Gasteiger partial charge in [-0.25, -0.2) is 4.98 Å². The van der Waals surface area contributed by atoms with Crippen LogP contribution in [0.4, 0.5) is 0 Å². The lowest BCUT2D eigenvalue weighted by molar-refractivity contribution is -0.118. The largest absolute Gasteiger partial charge is 0.356 e. The molecule has 0 aliphatic heterocycles. The van der Waals surface area contributed by atoms with Gasteiger partial charge in [0.1, 0.15) is 5.82 Å². The van der Waals surface area contributed by atoms with Gasteiger partial charge in [0.15, 0.2) is 0 Å². The predicted molar refractivity (Wildman–Crippen MR) is 119 cm³/mol. The summed E-state index contributed by atoms with van der Waals surface area (Å²) in [4.78, 5) is 15.8. The number of fused-ring (bicyclic) bond motifs is 1. The van der Waals surface area contributed by atoms with E-state index in [2.05, 4.69) is 41.1 Å². The van der Waals surface area contributed by atoms with E-state index >= 15 is 0 Å². The second-order valence-electron chi connectivity index (χ2n) is 7.94. The van der Waals surface area contributed by atoms with Crippen LogP contribution < -0.4 is 5.32 Å². The maximum atomic E-state index is 10.9. The second kappa shape index (κ2) is 13.4. The summed E-state index contributed by atoms with van der Waals surface area (Å²) in [5.74, 6) is 1.29. The van der Waals surface area contributed by atoms with Gasteiger partial charge >= 0.3 is 0 Å². The number of benzene rings is 1. The van der Waals surface area contributed by atoms with E-state index in [-0.39, 0.29) is 5.91 Å². The molecule has 0 saturated heterocycles. The number of hydrogen-bond donors (Lipinski definition) is 1. The molecule has 1 amide bonds. The van der Waals surface area contributed by atoms with E-state index in [1.165, 1.54) is 62.7 Å². The molecule has 0 fully saturated rings. The molecule has 0 saturated carbocycles. The lowest BCUT2D eigenvalue weighted by Crippen LogP contribution is -2.20. The Kier molecular flexibility index (Phi) is 10.7. The topological polar surface area (TPSA) is 46.9 Å². The van der Waals surface area contributed by atoms with Crippen LogP contribution in [0.2, 0.25) is 0 Å². The first kappa shape index (κ1) is 22.4. The number of hydrogen-bond acceptors (Lipinski definition) is 2. The Morgan fingerprint density at radius 2 is 1.61 bits per heavy atom. The Hall–Kier alpha value is -1.84. The second-order valence-corrected chi connectivity index (χ2v) is 7.94. The molecule has 0 spiro atoms. The summed E-state index contributed by atoms with van der Waals surface area (Å²) >= 11 is 0. The molecule has 156 valence electrons. The molecule has 1 N–H and O–H groups in total. The zero-order valence-electron chi connectivity index (χ0n) is 18.0. The summed E-state index contributed by atoms with van der Waals surface area (Å²) in [6.45, 7) is 5.71. The first-order chi connectivity index (χ1) is 13.7. The summed E-state index contributed by atoms with van der Waals surface area (Å²) in [6.07, 6.45) is 15.1. The Labute approximate surface area is 171 Å². The number of unbranched alkanes of at least 4 members (excludes halogenated alkanes) is 9. The standard InChI is InChI=1S/C24H39N3O/c1-3-4-5-6-7-8-9-15-20-27-23-17-13-12-16-22(23)26-24(27)18-11-10-14-19-25-21(2)28/h12-13,16-17H,3-11,14-15,18-20H2,1-2H3,(H,25,28). The van der Waals surface area contributed by atoms with Gasteiger partial charge in [-0.3, -0.25) is 4.79 Å². The van der Waals surface area contributed by atoms with Gasteiger partial charge in [-0.1, -0.05) is 70.4 Å². The van der Waals surface area contributed by atoms with Crippen LogP contribution in [0.25, 0.3) is 11.0 Å². The fourth-order valence-electron chi connectivity index (χ4n) is 3.82. The number of carbonyl (C=O) groups is 1. The van der Waals surface area contributed by atoms with Crippen molar-refractivity contribution in [1.82, 2.24) is 14.9 Å². The van der Waals surface area contributed by atoms with E-state index < -0.39 is 0 Å². The Morgan fingerprint density at radius 3 is 2.36 bits per heavy atom. The van der Waals surface area contributed by atoms with Gasteiger partial charge in [-0.2, -0.15) is 0 Å². The molecule has 1 aromatic carbocycles. The van der Waals surface area contributed by atoms with Crippen molar-refractivity contribution in [3.63, 3.8) is 0 Å². The minimum atomic E-state index is 0.0622. The van der Waals surface area contributed by atoms with Gasteiger partial charge in [0.05, 0.1) is 11.0 Å². The Morgan fingerprint density at radius 1 is 0.929 bits per heavy atom. The fraction of sp³-hybridized carbons (Fsp3) is 0.667. The molecule has 4 heteroatoms. The van der Waals surface area contributed by atoms with Crippen molar-refractivity contribution in [3.05, 3.63) is 30.1 Å². The molecule has 28 heavy (non-hydrogen) atoms. The van der Waals surface area contributed by atoms with Crippen molar-refractivity contribution >= 4 is 16.9 Å². The minimum Gasteiger partial charge on any atom is -0.356 e. The molecule has 0 aliphatic carbocycles. The van der Waals surface area contributed by atoms with Crippen molar-refractivity contribution < 1.29 is 4.79 Å². The molecule has 0 aliphatic rings. The number of aryl methyl sites for hydroxylation is 2. The van der Waals surface area contributed by atoms with Crippen molar-refractivity contribution in [2.45, 2.75) is 97.4 Å². The SMILES string of the molecule is CCCCCCCCCCn1c(CCCCCNC(C)=O)nc2ccccc21. The van der Waals surface area contributed by atoms with Crippen LogP contribution in [0.15, 0.2) is 24.3 Å². The van der Waals surface area contributed by atoms with Crippen molar-refractivity contribution in [2.24, 2.45) is 0 Å². The number of carbonyl (C=O) groups excluding carboxylic acids is 1. The zero-order valence-corrected chi connectivity index (χ0v) is 18.0. The van der Waals surface area contributed by atoms with Crippen LogP contribution in [-0.4, -0.2) is 22.0 Å². The van der Waals surface area contributed by atoms with Gasteiger partial charge in [0.2, 0.25) is 5.91 Å². The van der Waals surface area contributed by atoms with Crippen LogP contribution in [0.1, 0.15) is 90.3 Å². The van der Waals surface area contributed by atoms with Crippen LogP contribution in [0, 0.1) is 0 Å². The molecular formula is C24H39N3O. The summed E-state index contributed by atoms with van der Waals surface area (Å²) in [7, 11) is 0. The third-order valence-corrected chi connectivity index (χ3v) is 5.42.